The molecule has 1 heterocycles. The Bertz CT molecular complexity index is 454. The number of hydrogen-bond acceptors (Lipinski definition) is 4. The second-order valence-corrected chi connectivity index (χ2v) is 6.21. The molecule has 3 N–H and O–H groups in total. The molecule has 0 aliphatic carbocycles. The van der Waals surface area contributed by atoms with Gasteiger partial charge >= 0.3 is 0 Å². The number of nitrogens with one attached hydrogen (secondary N) is 1. The van der Waals surface area contributed by atoms with Crippen LogP contribution in [-0.2, 0) is 16.6 Å². The van der Waals surface area contributed by atoms with Gasteiger partial charge in [0, 0.05) is 19.4 Å². The number of H-pyrrole nitrogens is 1. The molecule has 1 unspecified atom stereocenters. The maximum Gasteiger partial charge on any atom is 0.223 e. The number of nitrogens with zero attached hydrogens (tertiary/aromatic N) is 2. The average Bonchev–Trinajstić information content (AvgIpc) is 2.68. The van der Waals surface area contributed by atoms with Crippen molar-refractivity contribution in [3.05, 3.63) is 18.2 Å². The Morgan fingerprint density at radius 2 is 2.38 bits per heavy atom. The fraction of sp³-hybridized carbons (Fsp3) is 0.500. The van der Waals surface area contributed by atoms with Crippen LogP contribution in [0.15, 0.2) is 12.4 Å². The first-order valence-corrected chi connectivity index (χ1v) is 6.49. The number of sulfonamides is 1. The molecule has 1 rings (SSSR count). The van der Waals surface area contributed by atoms with E-state index in [2.05, 4.69) is 22.2 Å². The van der Waals surface area contributed by atoms with Crippen LogP contribution in [-0.4, -0.2) is 40.0 Å². The molecule has 0 aromatic carbocycles. The molecule has 0 fully saturated rings. The second kappa shape index (κ2) is 4.89. The topological polar surface area (TPSA) is 92.1 Å². The minimum atomic E-state index is -3.51. The molecular weight excluding hydrogens is 248 g/mol. The molecule has 16 heavy (non-hydrogen) atoms. The van der Waals surface area contributed by atoms with Crippen molar-refractivity contribution < 1.29 is 8.42 Å². The van der Waals surface area contributed by atoms with Crippen molar-refractivity contribution in [3.8, 4) is 0 Å². The van der Waals surface area contributed by atoms with Crippen LogP contribution in [0.3, 0.4) is 0 Å². The maximum atomic E-state index is 11.9. The van der Waals surface area contributed by atoms with Gasteiger partial charge in [0.15, 0.2) is 0 Å². The number of aromatic nitrogens is 2. The summed E-state index contributed by atoms with van der Waals surface area (Å²) in [5, 5.41) is -0.873. The molecule has 0 amide bonds. The summed E-state index contributed by atoms with van der Waals surface area (Å²) < 4.78 is 25.0. The molecule has 0 spiro atoms. The average molecular weight is 262 g/mol. The molecule has 0 aliphatic heterocycles. The lowest BCUT2D eigenvalue weighted by atomic mass is 10.5. The smallest absolute Gasteiger partial charge is 0.223 e. The first kappa shape index (κ1) is 13.1. The monoisotopic (exact) mass is 262 g/mol. The van der Waals surface area contributed by atoms with Gasteiger partial charge in [-0.2, -0.15) is 4.31 Å². The zero-order valence-electron chi connectivity index (χ0n) is 9.04. The molecule has 1 aromatic rings. The standard InChI is InChI=1S/C8H14N4O2S2/c1-6(8(9)15)16(13,14)12(2)5-7-10-3-4-11-7/h3-4,6H,5H2,1-2H3,(H2,9,15)(H,10,11). The lowest BCUT2D eigenvalue weighted by molar-refractivity contribution is 0.456. The van der Waals surface area contributed by atoms with E-state index >= 15 is 0 Å². The molecule has 1 atom stereocenters. The summed E-state index contributed by atoms with van der Waals surface area (Å²) in [6, 6.07) is 0. The Balaban J connectivity index is 2.81. The predicted molar refractivity (Wildman–Crippen MR) is 65.2 cm³/mol. The highest BCUT2D eigenvalue weighted by Crippen LogP contribution is 2.09. The van der Waals surface area contributed by atoms with Crippen molar-refractivity contribution in [3.63, 3.8) is 0 Å². The minimum absolute atomic E-state index is 0.0358. The summed E-state index contributed by atoms with van der Waals surface area (Å²) in [5.74, 6) is 0.571. The summed E-state index contributed by atoms with van der Waals surface area (Å²) >= 11 is 4.68. The molecule has 0 aliphatic rings. The van der Waals surface area contributed by atoms with Crippen LogP contribution >= 0.6 is 12.2 Å². The fourth-order valence-electron chi connectivity index (χ4n) is 1.10. The van der Waals surface area contributed by atoms with Gasteiger partial charge in [-0.25, -0.2) is 13.4 Å². The Labute approximate surface area is 99.9 Å². The number of rotatable bonds is 5. The lowest BCUT2D eigenvalue weighted by Crippen LogP contribution is -2.40. The zero-order chi connectivity index (χ0) is 12.3. The summed E-state index contributed by atoms with van der Waals surface area (Å²) in [4.78, 5) is 6.74. The van der Waals surface area contributed by atoms with E-state index in [1.165, 1.54) is 18.3 Å². The van der Waals surface area contributed by atoms with Crippen LogP contribution in [0.1, 0.15) is 12.7 Å². The van der Waals surface area contributed by atoms with Crippen molar-refractivity contribution in [2.75, 3.05) is 7.05 Å². The van der Waals surface area contributed by atoms with E-state index < -0.39 is 15.3 Å². The van der Waals surface area contributed by atoms with E-state index in [4.69, 9.17) is 5.73 Å². The van der Waals surface area contributed by atoms with Gasteiger partial charge in [-0.3, -0.25) is 0 Å². The van der Waals surface area contributed by atoms with Crippen LogP contribution in [0.25, 0.3) is 0 Å². The highest BCUT2D eigenvalue weighted by atomic mass is 32.2. The minimum Gasteiger partial charge on any atom is -0.392 e. The lowest BCUT2D eigenvalue weighted by Gasteiger charge is -2.20. The van der Waals surface area contributed by atoms with E-state index in [9.17, 15) is 8.42 Å². The SMILES string of the molecule is CC(C(N)=S)S(=O)(=O)N(C)Cc1ncc[nH]1. The first-order valence-electron chi connectivity index (χ1n) is 4.58. The first-order chi connectivity index (χ1) is 7.35. The number of aromatic amines is 1. The Kier molecular flexibility index (Phi) is 4.00. The van der Waals surface area contributed by atoms with Crippen LogP contribution in [0.4, 0.5) is 0 Å². The van der Waals surface area contributed by atoms with Gasteiger partial charge in [0.25, 0.3) is 0 Å². The van der Waals surface area contributed by atoms with E-state index in [1.807, 2.05) is 0 Å². The van der Waals surface area contributed by atoms with Crippen molar-refractivity contribution >= 4 is 27.2 Å². The second-order valence-electron chi connectivity index (χ2n) is 3.38. The number of thiocarbonyl (C=S) groups is 1. The van der Waals surface area contributed by atoms with E-state index in [1.54, 1.807) is 12.4 Å². The molecule has 0 saturated heterocycles. The summed E-state index contributed by atoms with van der Waals surface area (Å²) in [5.41, 5.74) is 5.34. The van der Waals surface area contributed by atoms with Crippen molar-refractivity contribution in [2.24, 2.45) is 5.73 Å². The molecule has 8 heteroatoms. The third-order valence-electron chi connectivity index (χ3n) is 2.21. The molecule has 1 aromatic heterocycles. The highest BCUT2D eigenvalue weighted by molar-refractivity contribution is 7.92. The van der Waals surface area contributed by atoms with Crippen LogP contribution in [0.2, 0.25) is 0 Å². The van der Waals surface area contributed by atoms with Gasteiger partial charge in [-0.05, 0) is 6.92 Å². The summed E-state index contributed by atoms with van der Waals surface area (Å²) in [6.45, 7) is 1.64. The van der Waals surface area contributed by atoms with Gasteiger partial charge < -0.3 is 10.7 Å². The number of imidazole rings is 1. The summed E-state index contributed by atoms with van der Waals surface area (Å²) in [7, 11) is -2.04. The van der Waals surface area contributed by atoms with E-state index in [0.717, 1.165) is 0 Å². The van der Waals surface area contributed by atoms with Crippen molar-refractivity contribution in [2.45, 2.75) is 18.7 Å². The Hall–Kier alpha value is -0.990. The third-order valence-corrected chi connectivity index (χ3v) is 4.86. The molecule has 6 nitrogen and oxygen atoms in total. The van der Waals surface area contributed by atoms with E-state index in [0.29, 0.717) is 5.82 Å². The van der Waals surface area contributed by atoms with E-state index in [-0.39, 0.29) is 11.5 Å². The number of hydrogen-bond donors (Lipinski definition) is 2. The van der Waals surface area contributed by atoms with Crippen LogP contribution in [0.5, 0.6) is 0 Å². The third kappa shape index (κ3) is 2.77. The van der Waals surface area contributed by atoms with Gasteiger partial charge in [-0.15, -0.1) is 0 Å². The summed E-state index contributed by atoms with van der Waals surface area (Å²) in [6.07, 6.45) is 3.19. The quantitative estimate of drug-likeness (QED) is 0.720. The fourth-order valence-corrected chi connectivity index (χ4v) is 2.60. The Morgan fingerprint density at radius 3 is 2.81 bits per heavy atom. The largest absolute Gasteiger partial charge is 0.392 e. The molecule has 0 bridgehead atoms. The van der Waals surface area contributed by atoms with Crippen molar-refractivity contribution in [1.82, 2.24) is 14.3 Å². The van der Waals surface area contributed by atoms with Crippen molar-refractivity contribution in [1.29, 1.82) is 0 Å². The number of nitrogens with two attached hydrogens (primary N) is 1. The highest BCUT2D eigenvalue weighted by Gasteiger charge is 2.28. The van der Waals surface area contributed by atoms with Crippen LogP contribution < -0.4 is 5.73 Å². The maximum absolute atomic E-state index is 11.9. The van der Waals surface area contributed by atoms with Gasteiger partial charge in [-0.1, -0.05) is 12.2 Å². The molecule has 90 valence electrons. The molecule has 0 radical (unpaired) electrons. The van der Waals surface area contributed by atoms with Gasteiger partial charge in [0.1, 0.15) is 11.1 Å². The molecule has 0 saturated carbocycles. The van der Waals surface area contributed by atoms with Gasteiger partial charge in [0.2, 0.25) is 10.0 Å². The Morgan fingerprint density at radius 1 is 1.75 bits per heavy atom. The normalized spacial score (nSPS) is 13.9. The molecular formula is C8H14N4O2S2. The van der Waals surface area contributed by atoms with Gasteiger partial charge in [0.05, 0.1) is 11.5 Å². The zero-order valence-corrected chi connectivity index (χ0v) is 10.7. The predicted octanol–water partition coefficient (Wildman–Crippen LogP) is -0.154. The van der Waals surface area contributed by atoms with Crippen LogP contribution in [0, 0.1) is 0 Å².